The minimum absolute atomic E-state index is 0.0765. The molecule has 1 aromatic carbocycles. The van der Waals surface area contributed by atoms with Gasteiger partial charge in [-0.2, -0.15) is 9.29 Å². The molecule has 0 saturated carbocycles. The number of hydrogen-bond acceptors (Lipinski definition) is 6. The Labute approximate surface area is 133 Å². The van der Waals surface area contributed by atoms with E-state index in [1.54, 1.807) is 13.8 Å². The second-order valence-electron chi connectivity index (χ2n) is 5.25. The topological polar surface area (TPSA) is 85.5 Å². The highest BCUT2D eigenvalue weighted by atomic mass is 32.2. The number of aromatic nitrogens is 2. The molecule has 0 N–H and O–H groups in total. The van der Waals surface area contributed by atoms with Crippen LogP contribution in [0.25, 0.3) is 0 Å². The lowest BCUT2D eigenvalue weighted by Gasteiger charge is -2.36. The SMILES string of the molecule is Cc1noc([C@@H]2[C@@H](C)OCCN2S(=O)(=O)c2ccccc2F)n1. The molecule has 1 aromatic heterocycles. The van der Waals surface area contributed by atoms with Crippen LogP contribution in [0.3, 0.4) is 0 Å². The summed E-state index contributed by atoms with van der Waals surface area (Å²) in [4.78, 5) is 3.73. The van der Waals surface area contributed by atoms with E-state index in [1.807, 2.05) is 0 Å². The average molecular weight is 341 g/mol. The molecule has 1 saturated heterocycles. The van der Waals surface area contributed by atoms with Crippen molar-refractivity contribution in [2.75, 3.05) is 13.2 Å². The second-order valence-corrected chi connectivity index (χ2v) is 7.11. The van der Waals surface area contributed by atoms with E-state index in [1.165, 1.54) is 18.2 Å². The lowest BCUT2D eigenvalue weighted by Crippen LogP contribution is -2.47. The summed E-state index contributed by atoms with van der Waals surface area (Å²) in [5, 5.41) is 3.70. The third-order valence-electron chi connectivity index (χ3n) is 3.67. The van der Waals surface area contributed by atoms with Crippen LogP contribution in [-0.2, 0) is 14.8 Å². The summed E-state index contributed by atoms with van der Waals surface area (Å²) in [6.45, 7) is 3.63. The molecule has 0 amide bonds. The smallest absolute Gasteiger partial charge is 0.247 e. The Bertz CT molecular complexity index is 808. The molecule has 124 valence electrons. The van der Waals surface area contributed by atoms with Crippen LogP contribution in [0.5, 0.6) is 0 Å². The zero-order valence-corrected chi connectivity index (χ0v) is 13.5. The molecule has 0 unspecified atom stereocenters. The lowest BCUT2D eigenvalue weighted by molar-refractivity contribution is -0.0402. The van der Waals surface area contributed by atoms with E-state index in [-0.39, 0.29) is 23.9 Å². The number of benzene rings is 1. The Hall–Kier alpha value is -1.84. The van der Waals surface area contributed by atoms with E-state index in [4.69, 9.17) is 9.26 Å². The molecule has 2 heterocycles. The molecule has 1 aliphatic heterocycles. The first kappa shape index (κ1) is 16.0. The second kappa shape index (κ2) is 5.99. The van der Waals surface area contributed by atoms with E-state index in [2.05, 4.69) is 10.1 Å². The van der Waals surface area contributed by atoms with Crippen LogP contribution in [0.2, 0.25) is 0 Å². The van der Waals surface area contributed by atoms with E-state index >= 15 is 0 Å². The molecule has 0 bridgehead atoms. The first-order chi connectivity index (χ1) is 10.9. The Kier molecular flexibility index (Phi) is 4.17. The summed E-state index contributed by atoms with van der Waals surface area (Å²) in [5.74, 6) is -0.275. The molecule has 2 atom stereocenters. The van der Waals surface area contributed by atoms with Gasteiger partial charge in [-0.1, -0.05) is 17.3 Å². The van der Waals surface area contributed by atoms with Crippen molar-refractivity contribution < 1.29 is 22.1 Å². The van der Waals surface area contributed by atoms with Crippen LogP contribution in [0.1, 0.15) is 24.7 Å². The fourth-order valence-electron chi connectivity index (χ4n) is 2.60. The third-order valence-corrected chi connectivity index (χ3v) is 5.58. The van der Waals surface area contributed by atoms with Gasteiger partial charge < -0.3 is 9.26 Å². The predicted molar refractivity (Wildman–Crippen MR) is 77.5 cm³/mol. The lowest BCUT2D eigenvalue weighted by atomic mass is 10.1. The van der Waals surface area contributed by atoms with Gasteiger partial charge in [-0.15, -0.1) is 0 Å². The third kappa shape index (κ3) is 2.87. The molecule has 1 fully saturated rings. The molecular formula is C14H16FN3O4S. The molecule has 2 aromatic rings. The van der Waals surface area contributed by atoms with E-state index in [0.29, 0.717) is 5.82 Å². The molecular weight excluding hydrogens is 325 g/mol. The number of rotatable bonds is 3. The normalized spacial score (nSPS) is 23.1. The molecule has 0 radical (unpaired) electrons. The van der Waals surface area contributed by atoms with Crippen molar-refractivity contribution >= 4 is 10.0 Å². The number of aryl methyl sites for hydroxylation is 1. The van der Waals surface area contributed by atoms with Gasteiger partial charge in [0.05, 0.1) is 12.7 Å². The van der Waals surface area contributed by atoms with Crippen molar-refractivity contribution in [1.29, 1.82) is 0 Å². The van der Waals surface area contributed by atoms with Crippen LogP contribution in [0.15, 0.2) is 33.7 Å². The Balaban J connectivity index is 2.06. The van der Waals surface area contributed by atoms with Gasteiger partial charge in [0.2, 0.25) is 15.9 Å². The van der Waals surface area contributed by atoms with Crippen molar-refractivity contribution in [3.8, 4) is 0 Å². The minimum Gasteiger partial charge on any atom is -0.375 e. The van der Waals surface area contributed by atoms with Crippen LogP contribution in [-0.4, -0.2) is 42.1 Å². The van der Waals surface area contributed by atoms with Gasteiger partial charge >= 0.3 is 0 Å². The summed E-state index contributed by atoms with van der Waals surface area (Å²) < 4.78 is 51.6. The zero-order chi connectivity index (χ0) is 16.6. The van der Waals surface area contributed by atoms with Gasteiger partial charge in [-0.25, -0.2) is 12.8 Å². The van der Waals surface area contributed by atoms with E-state index in [9.17, 15) is 12.8 Å². The minimum atomic E-state index is -4.06. The largest absolute Gasteiger partial charge is 0.375 e. The maximum atomic E-state index is 14.0. The predicted octanol–water partition coefficient (Wildman–Crippen LogP) is 1.67. The summed E-state index contributed by atoms with van der Waals surface area (Å²) in [6, 6.07) is 4.47. The number of hydrogen-bond donors (Lipinski definition) is 0. The quantitative estimate of drug-likeness (QED) is 0.844. The standard InChI is InChI=1S/C14H16FN3O4S/c1-9-13(14-16-10(2)17-22-14)18(7-8-21-9)23(19,20)12-6-4-3-5-11(12)15/h3-6,9,13H,7-8H2,1-2H3/t9-,13+/m1/s1. The monoisotopic (exact) mass is 341 g/mol. The molecule has 0 spiro atoms. The highest BCUT2D eigenvalue weighted by molar-refractivity contribution is 7.89. The first-order valence-corrected chi connectivity index (χ1v) is 8.53. The van der Waals surface area contributed by atoms with Crippen molar-refractivity contribution in [3.63, 3.8) is 0 Å². The van der Waals surface area contributed by atoms with Crippen molar-refractivity contribution in [2.45, 2.75) is 30.9 Å². The Morgan fingerprint density at radius 1 is 1.35 bits per heavy atom. The maximum Gasteiger partial charge on any atom is 0.247 e. The summed E-state index contributed by atoms with van der Waals surface area (Å²) in [7, 11) is -4.06. The van der Waals surface area contributed by atoms with Crippen molar-refractivity contribution in [3.05, 3.63) is 41.8 Å². The highest BCUT2D eigenvalue weighted by Crippen LogP contribution is 2.34. The zero-order valence-electron chi connectivity index (χ0n) is 12.6. The number of sulfonamides is 1. The molecule has 0 aliphatic carbocycles. The van der Waals surface area contributed by atoms with E-state index in [0.717, 1.165) is 10.4 Å². The van der Waals surface area contributed by atoms with Crippen LogP contribution < -0.4 is 0 Å². The van der Waals surface area contributed by atoms with Gasteiger partial charge in [0.1, 0.15) is 16.8 Å². The van der Waals surface area contributed by atoms with Crippen LogP contribution in [0.4, 0.5) is 4.39 Å². The number of morpholine rings is 1. The maximum absolute atomic E-state index is 14.0. The van der Waals surface area contributed by atoms with Crippen molar-refractivity contribution in [2.24, 2.45) is 0 Å². The molecule has 7 nitrogen and oxygen atoms in total. The Morgan fingerprint density at radius 3 is 2.74 bits per heavy atom. The number of halogens is 1. The fraction of sp³-hybridized carbons (Fsp3) is 0.429. The molecule has 9 heteroatoms. The van der Waals surface area contributed by atoms with E-state index < -0.39 is 28.0 Å². The summed E-state index contributed by atoms with van der Waals surface area (Å²) in [5.41, 5.74) is 0. The van der Waals surface area contributed by atoms with Crippen LogP contribution in [0, 0.1) is 12.7 Å². The van der Waals surface area contributed by atoms with Gasteiger partial charge in [0.15, 0.2) is 5.82 Å². The van der Waals surface area contributed by atoms with Crippen molar-refractivity contribution in [1.82, 2.24) is 14.4 Å². The Morgan fingerprint density at radius 2 is 2.09 bits per heavy atom. The molecule has 23 heavy (non-hydrogen) atoms. The number of nitrogens with zero attached hydrogens (tertiary/aromatic N) is 3. The molecule has 3 rings (SSSR count). The highest BCUT2D eigenvalue weighted by Gasteiger charge is 2.42. The van der Waals surface area contributed by atoms with Crippen LogP contribution >= 0.6 is 0 Å². The fourth-order valence-corrected chi connectivity index (χ4v) is 4.29. The average Bonchev–Trinajstić information content (AvgIpc) is 2.93. The summed E-state index contributed by atoms with van der Waals surface area (Å²) in [6.07, 6.45) is -0.495. The van der Waals surface area contributed by atoms with Gasteiger partial charge in [0.25, 0.3) is 0 Å². The molecule has 1 aliphatic rings. The summed E-state index contributed by atoms with van der Waals surface area (Å²) >= 11 is 0. The number of ether oxygens (including phenoxy) is 1. The first-order valence-electron chi connectivity index (χ1n) is 7.09. The van der Waals surface area contributed by atoms with Gasteiger partial charge in [-0.05, 0) is 26.0 Å². The van der Waals surface area contributed by atoms with Gasteiger partial charge in [0, 0.05) is 6.54 Å². The van der Waals surface area contributed by atoms with Gasteiger partial charge in [-0.3, -0.25) is 0 Å².